The Morgan fingerprint density at radius 2 is 1.78 bits per heavy atom. The molecule has 0 saturated carbocycles. The highest BCUT2D eigenvalue weighted by molar-refractivity contribution is 8.16. The van der Waals surface area contributed by atoms with Gasteiger partial charge in [0.2, 0.25) is 11.8 Å². The number of anilines is 2. The highest BCUT2D eigenvalue weighted by Crippen LogP contribution is 2.35. The van der Waals surface area contributed by atoms with Crippen LogP contribution in [0, 0.1) is 0 Å². The van der Waals surface area contributed by atoms with Crippen LogP contribution in [0.15, 0.2) is 80.7 Å². The highest BCUT2D eigenvalue weighted by atomic mass is 35.5. The fraction of sp³-hybridized carbons (Fsp3) is 0.0952. The second-order valence-electron chi connectivity index (χ2n) is 6.66. The number of sulfonamides is 1. The Kier molecular flexibility index (Phi) is 6.66. The monoisotopic (exact) mass is 505 g/mol. The van der Waals surface area contributed by atoms with E-state index in [1.807, 2.05) is 0 Å². The van der Waals surface area contributed by atoms with Crippen LogP contribution >= 0.6 is 34.7 Å². The third-order valence-corrected chi connectivity index (χ3v) is 8.54. The Bertz CT molecular complexity index is 1260. The van der Waals surface area contributed by atoms with Crippen molar-refractivity contribution in [2.75, 3.05) is 10.2 Å². The molecule has 164 valence electrons. The van der Waals surface area contributed by atoms with Crippen molar-refractivity contribution in [2.45, 2.75) is 15.9 Å². The van der Waals surface area contributed by atoms with E-state index in [0.717, 1.165) is 23.1 Å². The highest BCUT2D eigenvalue weighted by Gasteiger charge is 2.41. The van der Waals surface area contributed by atoms with Crippen molar-refractivity contribution in [1.29, 1.82) is 0 Å². The molecule has 11 heteroatoms. The standard InChI is InChI=1S/C21H16ClN3O4S3/c22-14-8-10-15(11-9-14)23-18(26)13-17-20(27)25(16-5-2-1-3-6-16)21(31-17)24-32(28,29)19-7-4-12-30-19/h1-12,17H,13H2,(H,23,26)/b24-21+. The number of benzene rings is 2. The van der Waals surface area contributed by atoms with Gasteiger partial charge >= 0.3 is 0 Å². The van der Waals surface area contributed by atoms with Crippen molar-refractivity contribution in [2.24, 2.45) is 4.40 Å². The number of amidine groups is 1. The SMILES string of the molecule is O=C(CC1S/C(=N/S(=O)(=O)c2cccs2)N(c2ccccc2)C1=O)Nc1ccc(Cl)cc1. The van der Waals surface area contributed by atoms with E-state index in [9.17, 15) is 18.0 Å². The predicted molar refractivity (Wildman–Crippen MR) is 129 cm³/mol. The van der Waals surface area contributed by atoms with Gasteiger partial charge in [0, 0.05) is 17.1 Å². The molecule has 2 amide bonds. The molecule has 1 saturated heterocycles. The van der Waals surface area contributed by atoms with E-state index in [1.165, 1.54) is 11.0 Å². The molecule has 0 bridgehead atoms. The lowest BCUT2D eigenvalue weighted by atomic mass is 10.2. The molecule has 1 aliphatic rings. The summed E-state index contributed by atoms with van der Waals surface area (Å²) in [6, 6.07) is 18.3. The molecule has 1 aliphatic heterocycles. The number of carbonyl (C=O) groups excluding carboxylic acids is 2. The summed E-state index contributed by atoms with van der Waals surface area (Å²) in [6.07, 6.45) is -0.145. The van der Waals surface area contributed by atoms with E-state index in [2.05, 4.69) is 9.71 Å². The van der Waals surface area contributed by atoms with E-state index in [-0.39, 0.29) is 21.7 Å². The fourth-order valence-corrected chi connectivity index (χ4v) is 6.38. The van der Waals surface area contributed by atoms with Crippen molar-refractivity contribution < 1.29 is 18.0 Å². The second kappa shape index (κ2) is 9.45. The zero-order chi connectivity index (χ0) is 22.7. The summed E-state index contributed by atoms with van der Waals surface area (Å²) in [7, 11) is -3.99. The molecule has 0 spiro atoms. The van der Waals surface area contributed by atoms with E-state index >= 15 is 0 Å². The lowest BCUT2D eigenvalue weighted by molar-refractivity contribution is -0.121. The zero-order valence-electron chi connectivity index (χ0n) is 16.3. The number of nitrogens with one attached hydrogen (secondary N) is 1. The Morgan fingerprint density at radius 1 is 1.06 bits per heavy atom. The molecule has 4 rings (SSSR count). The molecule has 1 fully saturated rings. The number of hydrogen-bond acceptors (Lipinski definition) is 6. The summed E-state index contributed by atoms with van der Waals surface area (Å²) in [4.78, 5) is 26.9. The summed E-state index contributed by atoms with van der Waals surface area (Å²) in [6.45, 7) is 0. The number of para-hydroxylation sites is 1. The average molecular weight is 506 g/mol. The molecule has 1 N–H and O–H groups in total. The molecular weight excluding hydrogens is 490 g/mol. The summed E-state index contributed by atoms with van der Waals surface area (Å²) >= 11 is 7.86. The van der Waals surface area contributed by atoms with Gasteiger partial charge in [0.25, 0.3) is 10.0 Å². The summed E-state index contributed by atoms with van der Waals surface area (Å²) in [5.41, 5.74) is 1.02. The van der Waals surface area contributed by atoms with E-state index in [4.69, 9.17) is 11.6 Å². The summed E-state index contributed by atoms with van der Waals surface area (Å²) in [5.74, 6) is -0.791. The maximum absolute atomic E-state index is 13.2. The van der Waals surface area contributed by atoms with Crippen LogP contribution in [0.2, 0.25) is 5.02 Å². The van der Waals surface area contributed by atoms with Crippen LogP contribution in [0.5, 0.6) is 0 Å². The molecule has 3 aromatic rings. The predicted octanol–water partition coefficient (Wildman–Crippen LogP) is 4.62. The minimum absolute atomic E-state index is 0.0129. The minimum Gasteiger partial charge on any atom is -0.326 e. The summed E-state index contributed by atoms with van der Waals surface area (Å²) in [5, 5.41) is 4.09. The molecule has 1 aromatic heterocycles. The maximum Gasteiger partial charge on any atom is 0.294 e. The van der Waals surface area contributed by atoms with Crippen LogP contribution in [-0.4, -0.2) is 30.6 Å². The van der Waals surface area contributed by atoms with Crippen LogP contribution < -0.4 is 10.2 Å². The Labute approximate surface area is 198 Å². The molecule has 2 heterocycles. The first-order chi connectivity index (χ1) is 15.3. The Balaban J connectivity index is 1.60. The van der Waals surface area contributed by atoms with Crippen LogP contribution in [0.3, 0.4) is 0 Å². The van der Waals surface area contributed by atoms with Crippen molar-refractivity contribution in [3.8, 4) is 0 Å². The first kappa shape index (κ1) is 22.5. The van der Waals surface area contributed by atoms with Gasteiger partial charge in [-0.05, 0) is 47.8 Å². The van der Waals surface area contributed by atoms with E-state index in [0.29, 0.717) is 16.4 Å². The number of rotatable bonds is 6. The van der Waals surface area contributed by atoms with Gasteiger partial charge in [-0.3, -0.25) is 14.5 Å². The van der Waals surface area contributed by atoms with Gasteiger partial charge < -0.3 is 5.32 Å². The first-order valence-corrected chi connectivity index (χ1v) is 12.9. The van der Waals surface area contributed by atoms with Gasteiger partial charge in [-0.2, -0.15) is 8.42 Å². The third-order valence-electron chi connectivity index (χ3n) is 4.40. The summed E-state index contributed by atoms with van der Waals surface area (Å²) < 4.78 is 29.4. The van der Waals surface area contributed by atoms with Crippen LogP contribution in [0.25, 0.3) is 0 Å². The number of carbonyl (C=O) groups is 2. The normalized spacial score (nSPS) is 17.7. The lowest BCUT2D eigenvalue weighted by Gasteiger charge is -2.16. The van der Waals surface area contributed by atoms with Crippen LogP contribution in [0.1, 0.15) is 6.42 Å². The second-order valence-corrected chi connectivity index (χ2v) is 11.0. The minimum atomic E-state index is -3.99. The largest absolute Gasteiger partial charge is 0.326 e. The number of nitrogens with zero attached hydrogens (tertiary/aromatic N) is 2. The van der Waals surface area contributed by atoms with Crippen molar-refractivity contribution >= 4 is 73.1 Å². The molecule has 32 heavy (non-hydrogen) atoms. The van der Waals surface area contributed by atoms with Crippen LogP contribution in [-0.2, 0) is 19.6 Å². The maximum atomic E-state index is 13.2. The number of thiophene rings is 1. The molecule has 1 atom stereocenters. The average Bonchev–Trinajstić information content (AvgIpc) is 3.40. The lowest BCUT2D eigenvalue weighted by Crippen LogP contribution is -2.33. The zero-order valence-corrected chi connectivity index (χ0v) is 19.5. The molecular formula is C21H16ClN3O4S3. The van der Waals surface area contributed by atoms with Gasteiger partial charge in [-0.25, -0.2) is 0 Å². The number of thioether (sulfide) groups is 1. The number of hydrogen-bond donors (Lipinski definition) is 1. The van der Waals surface area contributed by atoms with Gasteiger partial charge in [-0.1, -0.05) is 47.6 Å². The van der Waals surface area contributed by atoms with Gasteiger partial charge in [0.1, 0.15) is 9.46 Å². The molecule has 0 radical (unpaired) electrons. The van der Waals surface area contributed by atoms with Gasteiger partial charge in [0.15, 0.2) is 5.17 Å². The Morgan fingerprint density at radius 3 is 2.44 bits per heavy atom. The van der Waals surface area contributed by atoms with Crippen molar-refractivity contribution in [3.05, 3.63) is 77.1 Å². The van der Waals surface area contributed by atoms with Crippen molar-refractivity contribution in [1.82, 2.24) is 0 Å². The third kappa shape index (κ3) is 5.04. The molecule has 1 unspecified atom stereocenters. The quantitative estimate of drug-likeness (QED) is 0.527. The molecule has 2 aromatic carbocycles. The van der Waals surface area contributed by atoms with Crippen LogP contribution in [0.4, 0.5) is 11.4 Å². The molecule has 0 aliphatic carbocycles. The topological polar surface area (TPSA) is 95.9 Å². The fourth-order valence-electron chi connectivity index (χ4n) is 2.95. The van der Waals surface area contributed by atoms with Crippen molar-refractivity contribution in [3.63, 3.8) is 0 Å². The first-order valence-electron chi connectivity index (χ1n) is 9.33. The van der Waals surface area contributed by atoms with Gasteiger partial charge in [0.05, 0.1) is 5.69 Å². The Hall–Kier alpha value is -2.66. The smallest absolute Gasteiger partial charge is 0.294 e. The molecule has 7 nitrogen and oxygen atoms in total. The number of halogens is 1. The van der Waals surface area contributed by atoms with E-state index in [1.54, 1.807) is 66.0 Å². The number of amides is 2. The van der Waals surface area contributed by atoms with E-state index < -0.39 is 21.2 Å². The van der Waals surface area contributed by atoms with Gasteiger partial charge in [-0.15, -0.1) is 15.7 Å².